The first-order chi connectivity index (χ1) is 29.4. The molecule has 2 nitrogen and oxygen atoms in total. The van der Waals surface area contributed by atoms with Crippen LogP contribution in [0.15, 0.2) is 133 Å². The molecule has 0 aliphatic heterocycles. The number of anilines is 6. The Morgan fingerprint density at radius 2 is 0.597 bits per heavy atom. The van der Waals surface area contributed by atoms with Crippen LogP contribution < -0.4 is 9.80 Å². The molecule has 0 unspecified atom stereocenters. The van der Waals surface area contributed by atoms with Gasteiger partial charge in [-0.15, -0.1) is 0 Å². The minimum absolute atomic E-state index is 0.0827. The highest BCUT2D eigenvalue weighted by atomic mass is 19.4. The Morgan fingerprint density at radius 3 is 0.903 bits per heavy atom. The molecule has 8 aromatic carbocycles. The minimum Gasteiger partial charge on any atom is -0.304 e. The first-order valence-corrected chi connectivity index (χ1v) is 18.0. The Morgan fingerprint density at radius 1 is 0.306 bits per heavy atom. The van der Waals surface area contributed by atoms with Crippen molar-refractivity contribution in [3.05, 3.63) is 191 Å². The van der Waals surface area contributed by atoms with Crippen LogP contribution in [0.3, 0.4) is 0 Å². The van der Waals surface area contributed by atoms with E-state index in [1.807, 2.05) is 0 Å². The Labute approximate surface area is 341 Å². The van der Waals surface area contributed by atoms with Gasteiger partial charge in [0.25, 0.3) is 0 Å². The van der Waals surface area contributed by atoms with Crippen molar-refractivity contribution in [3.8, 4) is 11.1 Å². The standard InChI is InChI=1S/C46H22F14N2/c47-35-33(45(55,56)57)36(48)40(52)43(39(35)51)61(31-13-5-9-25-7-1-3-11-29(25)31)27-19-15-23(16-20-27)24-17-21-28(22-18-24)62(32-14-6-10-26-8-2-4-12-30(26)32)44-41(53)37(49)34(46(58,59)60)38(50)42(44)54/h1-22H. The fourth-order valence-electron chi connectivity index (χ4n) is 7.32. The van der Waals surface area contributed by atoms with Crippen LogP contribution in [0.1, 0.15) is 11.1 Å². The van der Waals surface area contributed by atoms with Crippen molar-refractivity contribution in [1.82, 2.24) is 0 Å². The maximum Gasteiger partial charge on any atom is 0.422 e. The molecule has 0 fully saturated rings. The molecule has 62 heavy (non-hydrogen) atoms. The maximum atomic E-state index is 15.7. The van der Waals surface area contributed by atoms with E-state index in [0.29, 0.717) is 31.7 Å². The quantitative estimate of drug-likeness (QED) is 0.116. The summed E-state index contributed by atoms with van der Waals surface area (Å²) in [6.07, 6.45) is -11.6. The summed E-state index contributed by atoms with van der Waals surface area (Å²) in [6, 6.07) is 31.7. The van der Waals surface area contributed by atoms with Gasteiger partial charge in [-0.2, -0.15) is 26.3 Å². The van der Waals surface area contributed by atoms with Crippen LogP contribution >= 0.6 is 0 Å². The van der Waals surface area contributed by atoms with Crippen LogP contribution in [0, 0.1) is 46.5 Å². The van der Waals surface area contributed by atoms with Gasteiger partial charge in [0.15, 0.2) is 46.5 Å². The molecular formula is C46H22F14N2. The van der Waals surface area contributed by atoms with Crippen LogP contribution in [-0.2, 0) is 12.4 Å². The molecular weight excluding hydrogens is 846 g/mol. The Kier molecular flexibility index (Phi) is 10.4. The topological polar surface area (TPSA) is 6.48 Å². The monoisotopic (exact) mass is 868 g/mol. The van der Waals surface area contributed by atoms with Gasteiger partial charge in [0.05, 0.1) is 11.4 Å². The van der Waals surface area contributed by atoms with E-state index in [0.717, 1.165) is 0 Å². The van der Waals surface area contributed by atoms with Gasteiger partial charge in [0.1, 0.15) is 22.5 Å². The van der Waals surface area contributed by atoms with Gasteiger partial charge in [0.2, 0.25) is 0 Å². The van der Waals surface area contributed by atoms with Crippen molar-refractivity contribution in [2.24, 2.45) is 0 Å². The van der Waals surface area contributed by atoms with Gasteiger partial charge in [-0.3, -0.25) is 0 Å². The van der Waals surface area contributed by atoms with E-state index in [4.69, 9.17) is 0 Å². The molecule has 0 aromatic heterocycles. The third kappa shape index (κ3) is 6.98. The third-order valence-electron chi connectivity index (χ3n) is 10.1. The average Bonchev–Trinajstić information content (AvgIpc) is 3.24. The molecule has 0 bridgehead atoms. The van der Waals surface area contributed by atoms with Gasteiger partial charge in [-0.05, 0) is 58.3 Å². The summed E-state index contributed by atoms with van der Waals surface area (Å²) in [5.41, 5.74) is -8.42. The molecule has 8 aromatic rings. The normalized spacial score (nSPS) is 12.0. The van der Waals surface area contributed by atoms with E-state index in [2.05, 4.69) is 0 Å². The zero-order valence-electron chi connectivity index (χ0n) is 30.9. The van der Waals surface area contributed by atoms with Crippen LogP contribution in [-0.4, -0.2) is 0 Å². The predicted octanol–water partition coefficient (Wildman–Crippen LogP) is 15.7. The second kappa shape index (κ2) is 15.4. The largest absolute Gasteiger partial charge is 0.422 e. The summed E-state index contributed by atoms with van der Waals surface area (Å²) in [7, 11) is 0. The Hall–Kier alpha value is -7.10. The smallest absolute Gasteiger partial charge is 0.304 e. The summed E-state index contributed by atoms with van der Waals surface area (Å²) >= 11 is 0. The highest BCUT2D eigenvalue weighted by molar-refractivity contribution is 6.00. The van der Waals surface area contributed by atoms with E-state index in [9.17, 15) is 26.3 Å². The molecule has 0 aliphatic rings. The Bertz CT molecular complexity index is 2760. The van der Waals surface area contributed by atoms with E-state index in [-0.39, 0.29) is 33.5 Å². The second-order valence-electron chi connectivity index (χ2n) is 13.7. The number of nitrogens with zero attached hydrogens (tertiary/aromatic N) is 2. The van der Waals surface area contributed by atoms with Crippen LogP contribution in [0.25, 0.3) is 32.7 Å². The first kappa shape index (κ1) is 41.6. The molecule has 0 amide bonds. The summed E-state index contributed by atoms with van der Waals surface area (Å²) in [5, 5.41) is 1.54. The van der Waals surface area contributed by atoms with Gasteiger partial charge in [-0.25, -0.2) is 35.1 Å². The first-order valence-electron chi connectivity index (χ1n) is 18.0. The zero-order valence-corrected chi connectivity index (χ0v) is 30.9. The van der Waals surface area contributed by atoms with Crippen molar-refractivity contribution in [3.63, 3.8) is 0 Å². The van der Waals surface area contributed by atoms with Crippen LogP contribution in [0.2, 0.25) is 0 Å². The lowest BCUT2D eigenvalue weighted by molar-refractivity contribution is -0.144. The van der Waals surface area contributed by atoms with Gasteiger partial charge in [-0.1, -0.05) is 97.1 Å². The highest BCUT2D eigenvalue weighted by Crippen LogP contribution is 2.48. The van der Waals surface area contributed by atoms with Gasteiger partial charge in [0, 0.05) is 22.1 Å². The fraction of sp³-hybridized carbons (Fsp3) is 0.0435. The van der Waals surface area contributed by atoms with Gasteiger partial charge < -0.3 is 9.80 Å². The maximum absolute atomic E-state index is 15.7. The molecule has 0 saturated heterocycles. The Balaban J connectivity index is 1.26. The van der Waals surface area contributed by atoms with E-state index < -0.39 is 81.4 Å². The number of halogens is 14. The lowest BCUT2D eigenvalue weighted by Gasteiger charge is -2.29. The van der Waals surface area contributed by atoms with E-state index in [1.165, 1.54) is 84.9 Å². The molecule has 314 valence electrons. The molecule has 8 rings (SSSR count). The molecule has 0 radical (unpaired) electrons. The number of fused-ring (bicyclic) bond motifs is 2. The fourth-order valence-corrected chi connectivity index (χ4v) is 7.32. The zero-order chi connectivity index (χ0) is 44.4. The molecule has 0 aliphatic carbocycles. The number of hydrogen-bond acceptors (Lipinski definition) is 2. The van der Waals surface area contributed by atoms with E-state index in [1.54, 1.807) is 48.5 Å². The van der Waals surface area contributed by atoms with E-state index >= 15 is 35.1 Å². The second-order valence-corrected chi connectivity index (χ2v) is 13.7. The summed E-state index contributed by atoms with van der Waals surface area (Å²) in [4.78, 5) is 1.42. The van der Waals surface area contributed by atoms with Crippen LogP contribution in [0.5, 0.6) is 0 Å². The van der Waals surface area contributed by atoms with Crippen molar-refractivity contribution >= 4 is 55.7 Å². The molecule has 0 heterocycles. The lowest BCUT2D eigenvalue weighted by atomic mass is 10.0. The average molecular weight is 869 g/mol. The number of hydrogen-bond donors (Lipinski definition) is 0. The number of alkyl halides is 6. The molecule has 16 heteroatoms. The third-order valence-corrected chi connectivity index (χ3v) is 10.1. The SMILES string of the molecule is Fc1c(F)c(C(F)(F)F)c(F)c(F)c1N(c1ccc(-c2ccc(N(c3c(F)c(F)c(C(F)(F)F)c(F)c3F)c3cccc4ccccc34)cc2)cc1)c1cccc2ccccc12. The summed E-state index contributed by atoms with van der Waals surface area (Å²) < 4.78 is 205. The lowest BCUT2D eigenvalue weighted by Crippen LogP contribution is -2.21. The number of benzene rings is 8. The van der Waals surface area contributed by atoms with Crippen molar-refractivity contribution in [2.45, 2.75) is 12.4 Å². The van der Waals surface area contributed by atoms with Crippen molar-refractivity contribution < 1.29 is 61.5 Å². The molecule has 0 saturated carbocycles. The van der Waals surface area contributed by atoms with Crippen molar-refractivity contribution in [1.29, 1.82) is 0 Å². The number of rotatable bonds is 7. The molecule has 0 atom stereocenters. The highest BCUT2D eigenvalue weighted by Gasteiger charge is 2.45. The van der Waals surface area contributed by atoms with Crippen LogP contribution in [0.4, 0.5) is 95.6 Å². The summed E-state index contributed by atoms with van der Waals surface area (Å²) in [6.45, 7) is 0. The minimum atomic E-state index is -5.80. The molecule has 0 N–H and O–H groups in total. The summed E-state index contributed by atoms with van der Waals surface area (Å²) in [5.74, 6) is -20.0. The molecule has 0 spiro atoms. The predicted molar refractivity (Wildman–Crippen MR) is 206 cm³/mol. The van der Waals surface area contributed by atoms with Crippen molar-refractivity contribution in [2.75, 3.05) is 9.80 Å². The van der Waals surface area contributed by atoms with Gasteiger partial charge >= 0.3 is 12.4 Å².